The molecule has 2 rings (SSSR count). The summed E-state index contributed by atoms with van der Waals surface area (Å²) in [5.74, 6) is 0. The maximum atomic E-state index is 5.33. The monoisotopic (exact) mass is 204 g/mol. The van der Waals surface area contributed by atoms with Gasteiger partial charge in [-0.2, -0.15) is 0 Å². The molecule has 15 heavy (non-hydrogen) atoms. The molecule has 1 fully saturated rings. The van der Waals surface area contributed by atoms with Gasteiger partial charge in [-0.15, -0.1) is 0 Å². The van der Waals surface area contributed by atoms with Gasteiger partial charge in [0.15, 0.2) is 0 Å². The topological polar surface area (TPSA) is 12.5 Å². The summed E-state index contributed by atoms with van der Waals surface area (Å²) >= 11 is 0. The van der Waals surface area contributed by atoms with Gasteiger partial charge in [0.1, 0.15) is 0 Å². The van der Waals surface area contributed by atoms with Crippen molar-refractivity contribution in [3.8, 4) is 0 Å². The van der Waals surface area contributed by atoms with Crippen LogP contribution in [-0.4, -0.2) is 12.7 Å². The van der Waals surface area contributed by atoms with E-state index in [1.54, 1.807) is 0 Å². The zero-order valence-electron chi connectivity index (χ0n) is 10.4. The van der Waals surface area contributed by atoms with Gasteiger partial charge < -0.3 is 4.74 Å². The standard InChI is InChI=1S/C14H20O/c1-8-9(2)11(4)14(6-13-7-15-13)12(5)10(8)3/h13H,6-7H2,1-5H3. The quantitative estimate of drug-likeness (QED) is 0.674. The molecule has 0 amide bonds. The molecule has 1 heterocycles. The average Bonchev–Trinajstić information content (AvgIpc) is 3.02. The predicted molar refractivity (Wildman–Crippen MR) is 63.6 cm³/mol. The van der Waals surface area contributed by atoms with Gasteiger partial charge in [0, 0.05) is 6.42 Å². The fourth-order valence-corrected chi connectivity index (χ4v) is 2.30. The molecule has 1 atom stereocenters. The van der Waals surface area contributed by atoms with Crippen molar-refractivity contribution in [2.45, 2.75) is 47.1 Å². The molecular weight excluding hydrogens is 184 g/mol. The van der Waals surface area contributed by atoms with Crippen LogP contribution in [0.15, 0.2) is 0 Å². The second kappa shape index (κ2) is 3.64. The second-order valence-electron chi connectivity index (χ2n) is 4.76. The normalized spacial score (nSPS) is 19.4. The molecule has 0 aliphatic carbocycles. The van der Waals surface area contributed by atoms with E-state index in [-0.39, 0.29) is 0 Å². The van der Waals surface area contributed by atoms with Crippen molar-refractivity contribution in [3.63, 3.8) is 0 Å². The summed E-state index contributed by atoms with van der Waals surface area (Å²) in [5, 5.41) is 0. The van der Waals surface area contributed by atoms with Crippen LogP contribution < -0.4 is 0 Å². The number of hydrogen-bond acceptors (Lipinski definition) is 1. The molecule has 0 N–H and O–H groups in total. The van der Waals surface area contributed by atoms with Gasteiger partial charge in [-0.3, -0.25) is 0 Å². The van der Waals surface area contributed by atoms with Crippen molar-refractivity contribution in [2.75, 3.05) is 6.61 Å². The molecule has 0 radical (unpaired) electrons. The Morgan fingerprint density at radius 1 is 0.867 bits per heavy atom. The second-order valence-corrected chi connectivity index (χ2v) is 4.76. The molecule has 0 spiro atoms. The number of ether oxygens (including phenoxy) is 1. The molecule has 1 aromatic rings. The largest absolute Gasteiger partial charge is 0.373 e. The predicted octanol–water partition coefficient (Wildman–Crippen LogP) is 3.17. The van der Waals surface area contributed by atoms with Crippen molar-refractivity contribution < 1.29 is 4.74 Å². The lowest BCUT2D eigenvalue weighted by molar-refractivity contribution is 0.407. The van der Waals surface area contributed by atoms with Crippen LogP contribution in [-0.2, 0) is 11.2 Å². The summed E-state index contributed by atoms with van der Waals surface area (Å²) in [5.41, 5.74) is 8.79. The van der Waals surface area contributed by atoms with Gasteiger partial charge >= 0.3 is 0 Å². The van der Waals surface area contributed by atoms with Crippen molar-refractivity contribution in [2.24, 2.45) is 0 Å². The molecule has 1 aliphatic heterocycles. The highest BCUT2D eigenvalue weighted by Gasteiger charge is 2.25. The van der Waals surface area contributed by atoms with E-state index in [1.807, 2.05) is 0 Å². The summed E-state index contributed by atoms with van der Waals surface area (Å²) in [4.78, 5) is 0. The lowest BCUT2D eigenvalue weighted by Gasteiger charge is -2.18. The van der Waals surface area contributed by atoms with Gasteiger partial charge in [0.05, 0.1) is 12.7 Å². The minimum Gasteiger partial charge on any atom is -0.373 e. The Balaban J connectivity index is 2.51. The molecule has 0 aromatic heterocycles. The summed E-state index contributed by atoms with van der Waals surface area (Å²) < 4.78 is 5.33. The first-order valence-electron chi connectivity index (χ1n) is 5.69. The molecule has 1 aliphatic rings. The molecule has 1 unspecified atom stereocenters. The lowest BCUT2D eigenvalue weighted by atomic mass is 9.88. The van der Waals surface area contributed by atoms with Crippen LogP contribution >= 0.6 is 0 Å². The van der Waals surface area contributed by atoms with E-state index in [4.69, 9.17) is 4.74 Å². The van der Waals surface area contributed by atoms with Crippen LogP contribution in [0, 0.1) is 34.6 Å². The van der Waals surface area contributed by atoms with Crippen LogP contribution in [0.25, 0.3) is 0 Å². The zero-order valence-corrected chi connectivity index (χ0v) is 10.4. The molecule has 82 valence electrons. The third kappa shape index (κ3) is 1.81. The smallest absolute Gasteiger partial charge is 0.0850 e. The molecule has 0 saturated carbocycles. The van der Waals surface area contributed by atoms with Crippen molar-refractivity contribution >= 4 is 0 Å². The van der Waals surface area contributed by atoms with Gasteiger partial charge in [-0.25, -0.2) is 0 Å². The van der Waals surface area contributed by atoms with E-state index < -0.39 is 0 Å². The molecule has 0 bridgehead atoms. The minimum atomic E-state index is 0.490. The van der Waals surface area contributed by atoms with Crippen molar-refractivity contribution in [3.05, 3.63) is 33.4 Å². The summed E-state index contributed by atoms with van der Waals surface area (Å²) in [6, 6.07) is 0. The first-order chi connectivity index (χ1) is 7.02. The van der Waals surface area contributed by atoms with Crippen LogP contribution in [0.2, 0.25) is 0 Å². The van der Waals surface area contributed by atoms with E-state index in [0.717, 1.165) is 13.0 Å². The van der Waals surface area contributed by atoms with E-state index in [0.29, 0.717) is 6.10 Å². The third-order valence-electron chi connectivity index (χ3n) is 3.99. The highest BCUT2D eigenvalue weighted by atomic mass is 16.6. The van der Waals surface area contributed by atoms with Gasteiger partial charge in [0.2, 0.25) is 0 Å². The third-order valence-corrected chi connectivity index (χ3v) is 3.99. The Hall–Kier alpha value is -0.820. The molecule has 1 heteroatoms. The van der Waals surface area contributed by atoms with Crippen molar-refractivity contribution in [1.29, 1.82) is 0 Å². The fraction of sp³-hybridized carbons (Fsp3) is 0.571. The maximum absolute atomic E-state index is 5.33. The number of benzene rings is 1. The average molecular weight is 204 g/mol. The number of hydrogen-bond donors (Lipinski definition) is 0. The summed E-state index contributed by atoms with van der Waals surface area (Å²) in [6.45, 7) is 12.1. The fourth-order valence-electron chi connectivity index (χ4n) is 2.30. The van der Waals surface area contributed by atoms with Crippen molar-refractivity contribution in [1.82, 2.24) is 0 Å². The van der Waals surface area contributed by atoms with Crippen LogP contribution in [0.3, 0.4) is 0 Å². The summed E-state index contributed by atoms with van der Waals surface area (Å²) in [7, 11) is 0. The number of rotatable bonds is 2. The first kappa shape index (κ1) is 10.7. The van der Waals surface area contributed by atoms with Crippen LogP contribution in [0.1, 0.15) is 33.4 Å². The number of epoxide rings is 1. The Kier molecular flexibility index (Phi) is 2.59. The van der Waals surface area contributed by atoms with E-state index in [9.17, 15) is 0 Å². The van der Waals surface area contributed by atoms with E-state index in [1.165, 1.54) is 33.4 Å². The molecule has 1 saturated heterocycles. The van der Waals surface area contributed by atoms with E-state index >= 15 is 0 Å². The SMILES string of the molecule is Cc1c(C)c(C)c(CC2CO2)c(C)c1C. The van der Waals surface area contributed by atoms with E-state index in [2.05, 4.69) is 34.6 Å². The highest BCUT2D eigenvalue weighted by molar-refractivity contribution is 5.49. The molecular formula is C14H20O. The summed E-state index contributed by atoms with van der Waals surface area (Å²) in [6.07, 6.45) is 1.59. The minimum absolute atomic E-state index is 0.490. The van der Waals surface area contributed by atoms with Gasteiger partial charge in [-0.1, -0.05) is 0 Å². The maximum Gasteiger partial charge on any atom is 0.0850 e. The van der Waals surface area contributed by atoms with Gasteiger partial charge in [0.25, 0.3) is 0 Å². The Morgan fingerprint density at radius 3 is 1.67 bits per heavy atom. The molecule has 1 nitrogen and oxygen atoms in total. The van der Waals surface area contributed by atoms with Crippen LogP contribution in [0.4, 0.5) is 0 Å². The van der Waals surface area contributed by atoms with Gasteiger partial charge in [-0.05, 0) is 68.0 Å². The highest BCUT2D eigenvalue weighted by Crippen LogP contribution is 2.29. The Bertz CT molecular complexity index is 371. The molecule has 1 aromatic carbocycles. The zero-order chi connectivity index (χ0) is 11.2. The first-order valence-corrected chi connectivity index (χ1v) is 5.69. The van der Waals surface area contributed by atoms with Crippen LogP contribution in [0.5, 0.6) is 0 Å². The Morgan fingerprint density at radius 2 is 1.27 bits per heavy atom. The Labute approximate surface area is 92.5 Å². The lowest BCUT2D eigenvalue weighted by Crippen LogP contribution is -2.05.